The number of Topliss-reactive ketones (excluding diaryl/α,β-unsaturated/α-hetero) is 1. The molecule has 0 amide bonds. The second-order valence-electron chi connectivity index (χ2n) is 5.18. The number of hydrogen-bond donors (Lipinski definition) is 1. The zero-order chi connectivity index (χ0) is 15.9. The van der Waals surface area contributed by atoms with Gasteiger partial charge in [-0.3, -0.25) is 4.79 Å². The molecule has 1 unspecified atom stereocenters. The van der Waals surface area contributed by atoms with Gasteiger partial charge < -0.3 is 15.9 Å². The average molecular weight is 353 g/mol. The number of carbonyl (C=O) groups is 1. The molecular formula is C16H14Cl2N2O3. The zero-order valence-electron chi connectivity index (χ0n) is 12.0. The number of halogens is 2. The Labute approximate surface area is 143 Å². The van der Waals surface area contributed by atoms with Crippen LogP contribution in [0, 0.1) is 11.3 Å². The summed E-state index contributed by atoms with van der Waals surface area (Å²) >= 11 is 12.4. The van der Waals surface area contributed by atoms with Crippen molar-refractivity contribution in [2.24, 2.45) is 5.73 Å². The largest absolute Gasteiger partial charge is 0.444 e. The standard InChI is InChI=1S/C16H12Cl2N2O2.H2O/c17-10-4-1-3-8(15(10)18)13-9(7-19)16(20)22-12-6-2-5-11(21)14(12)13;/h1,3-4,13H,2,5-6,20H2;1H2. The van der Waals surface area contributed by atoms with Crippen molar-refractivity contribution < 1.29 is 15.0 Å². The molecule has 0 radical (unpaired) electrons. The van der Waals surface area contributed by atoms with E-state index in [1.807, 2.05) is 6.07 Å². The SMILES string of the molecule is N#CC1=C(N)OC2=C(C(=O)CCC2)C1c1cccc(Cl)c1Cl.O. The number of hydrogen-bond acceptors (Lipinski definition) is 4. The van der Waals surface area contributed by atoms with E-state index in [4.69, 9.17) is 33.7 Å². The molecule has 1 aliphatic carbocycles. The molecule has 1 aromatic rings. The van der Waals surface area contributed by atoms with Gasteiger partial charge in [0.25, 0.3) is 0 Å². The van der Waals surface area contributed by atoms with Crippen molar-refractivity contribution in [3.05, 3.63) is 56.6 Å². The highest BCUT2D eigenvalue weighted by molar-refractivity contribution is 6.42. The molecule has 120 valence electrons. The zero-order valence-corrected chi connectivity index (χ0v) is 13.5. The van der Waals surface area contributed by atoms with Gasteiger partial charge in [0.05, 0.1) is 16.0 Å². The van der Waals surface area contributed by atoms with Crippen LogP contribution in [0.1, 0.15) is 30.7 Å². The molecule has 0 spiro atoms. The second-order valence-corrected chi connectivity index (χ2v) is 5.97. The number of benzene rings is 1. The summed E-state index contributed by atoms with van der Waals surface area (Å²) in [6, 6.07) is 7.19. The molecule has 0 bridgehead atoms. The Balaban J connectivity index is 0.00000192. The molecule has 1 atom stereocenters. The fourth-order valence-electron chi connectivity index (χ4n) is 2.91. The summed E-state index contributed by atoms with van der Waals surface area (Å²) in [5.74, 6) is -0.0962. The van der Waals surface area contributed by atoms with Crippen LogP contribution >= 0.6 is 23.2 Å². The molecule has 4 N–H and O–H groups in total. The summed E-state index contributed by atoms with van der Waals surface area (Å²) in [7, 11) is 0. The highest BCUT2D eigenvalue weighted by Gasteiger charge is 2.38. The molecule has 0 aromatic heterocycles. The highest BCUT2D eigenvalue weighted by atomic mass is 35.5. The summed E-state index contributed by atoms with van der Waals surface area (Å²) in [6.07, 6.45) is 1.76. The summed E-state index contributed by atoms with van der Waals surface area (Å²) in [4.78, 5) is 12.4. The molecule has 0 fully saturated rings. The first kappa shape index (κ1) is 17.4. The molecule has 1 heterocycles. The minimum atomic E-state index is -0.618. The molecule has 3 rings (SSSR count). The van der Waals surface area contributed by atoms with Gasteiger partial charge in [-0.2, -0.15) is 5.26 Å². The van der Waals surface area contributed by atoms with Crippen molar-refractivity contribution in [1.82, 2.24) is 0 Å². The van der Waals surface area contributed by atoms with Gasteiger partial charge in [-0.15, -0.1) is 0 Å². The Morgan fingerprint density at radius 2 is 2.04 bits per heavy atom. The van der Waals surface area contributed by atoms with Gasteiger partial charge in [0, 0.05) is 18.4 Å². The molecule has 2 aliphatic rings. The molecule has 1 aromatic carbocycles. The van der Waals surface area contributed by atoms with Gasteiger partial charge in [-0.1, -0.05) is 35.3 Å². The minimum absolute atomic E-state index is 0. The fourth-order valence-corrected chi connectivity index (χ4v) is 3.33. The molecule has 0 saturated heterocycles. The lowest BCUT2D eigenvalue weighted by atomic mass is 9.77. The summed E-state index contributed by atoms with van der Waals surface area (Å²) in [5, 5.41) is 10.1. The van der Waals surface area contributed by atoms with Crippen molar-refractivity contribution in [1.29, 1.82) is 5.26 Å². The fraction of sp³-hybridized carbons (Fsp3) is 0.250. The van der Waals surface area contributed by atoms with Crippen LogP contribution in [0.4, 0.5) is 0 Å². The summed E-state index contributed by atoms with van der Waals surface area (Å²) < 4.78 is 5.50. The van der Waals surface area contributed by atoms with Gasteiger partial charge in [0.1, 0.15) is 17.4 Å². The Morgan fingerprint density at radius 3 is 2.74 bits per heavy atom. The normalized spacial score (nSPS) is 20.4. The maximum Gasteiger partial charge on any atom is 0.205 e. The monoisotopic (exact) mass is 352 g/mol. The van der Waals surface area contributed by atoms with Crippen LogP contribution in [0.5, 0.6) is 0 Å². The van der Waals surface area contributed by atoms with Gasteiger partial charge in [-0.25, -0.2) is 0 Å². The Kier molecular flexibility index (Phi) is 5.00. The number of allylic oxidation sites excluding steroid dienone is 3. The lowest BCUT2D eigenvalue weighted by Gasteiger charge is -2.31. The van der Waals surface area contributed by atoms with Crippen LogP contribution in [0.2, 0.25) is 10.0 Å². The van der Waals surface area contributed by atoms with E-state index in [9.17, 15) is 10.1 Å². The van der Waals surface area contributed by atoms with E-state index in [2.05, 4.69) is 0 Å². The summed E-state index contributed by atoms with van der Waals surface area (Å²) in [5.41, 5.74) is 7.13. The Morgan fingerprint density at radius 1 is 1.30 bits per heavy atom. The Hall–Kier alpha value is -2.00. The van der Waals surface area contributed by atoms with E-state index < -0.39 is 5.92 Å². The van der Waals surface area contributed by atoms with E-state index in [0.29, 0.717) is 46.2 Å². The van der Waals surface area contributed by atoms with Crippen molar-refractivity contribution in [3.8, 4) is 6.07 Å². The maximum absolute atomic E-state index is 12.4. The number of nitrogens with two attached hydrogens (primary N) is 1. The van der Waals surface area contributed by atoms with Crippen LogP contribution in [0.25, 0.3) is 0 Å². The van der Waals surface area contributed by atoms with Crippen LogP contribution < -0.4 is 5.73 Å². The molecule has 23 heavy (non-hydrogen) atoms. The molecular weight excluding hydrogens is 339 g/mol. The average Bonchev–Trinajstić information content (AvgIpc) is 2.49. The third-order valence-electron chi connectivity index (χ3n) is 3.90. The number of carbonyl (C=O) groups excluding carboxylic acids is 1. The van der Waals surface area contributed by atoms with Crippen LogP contribution in [0.15, 0.2) is 41.0 Å². The molecule has 0 saturated carbocycles. The van der Waals surface area contributed by atoms with E-state index >= 15 is 0 Å². The van der Waals surface area contributed by atoms with Gasteiger partial charge in [0.15, 0.2) is 5.78 Å². The Bertz CT molecular complexity index is 778. The number of rotatable bonds is 1. The second kappa shape index (κ2) is 6.63. The van der Waals surface area contributed by atoms with Crippen LogP contribution in [0.3, 0.4) is 0 Å². The molecule has 7 heteroatoms. The van der Waals surface area contributed by atoms with Crippen molar-refractivity contribution in [3.63, 3.8) is 0 Å². The summed E-state index contributed by atoms with van der Waals surface area (Å²) in [6.45, 7) is 0. The van der Waals surface area contributed by atoms with Crippen LogP contribution in [-0.2, 0) is 9.53 Å². The van der Waals surface area contributed by atoms with Crippen molar-refractivity contribution >= 4 is 29.0 Å². The quantitative estimate of drug-likeness (QED) is 0.837. The maximum atomic E-state index is 12.4. The highest BCUT2D eigenvalue weighted by Crippen LogP contribution is 2.46. The third kappa shape index (κ3) is 2.81. The molecule has 5 nitrogen and oxygen atoms in total. The number of nitrogens with zero attached hydrogens (tertiary/aromatic N) is 1. The van der Waals surface area contributed by atoms with Gasteiger partial charge in [0.2, 0.25) is 5.88 Å². The van der Waals surface area contributed by atoms with Crippen LogP contribution in [-0.4, -0.2) is 11.3 Å². The third-order valence-corrected chi connectivity index (χ3v) is 4.73. The number of ketones is 1. The van der Waals surface area contributed by atoms with E-state index in [-0.39, 0.29) is 22.7 Å². The van der Waals surface area contributed by atoms with Crippen molar-refractivity contribution in [2.75, 3.05) is 0 Å². The minimum Gasteiger partial charge on any atom is -0.444 e. The van der Waals surface area contributed by atoms with E-state index in [1.54, 1.807) is 18.2 Å². The lowest BCUT2D eigenvalue weighted by Crippen LogP contribution is -2.27. The van der Waals surface area contributed by atoms with E-state index in [0.717, 1.165) is 0 Å². The van der Waals surface area contributed by atoms with Gasteiger partial charge in [-0.05, 0) is 18.1 Å². The van der Waals surface area contributed by atoms with Gasteiger partial charge >= 0.3 is 0 Å². The first-order chi connectivity index (χ1) is 10.5. The smallest absolute Gasteiger partial charge is 0.205 e. The predicted octanol–water partition coefficient (Wildman–Crippen LogP) is 2.98. The van der Waals surface area contributed by atoms with Crippen molar-refractivity contribution in [2.45, 2.75) is 25.2 Å². The van der Waals surface area contributed by atoms with E-state index in [1.165, 1.54) is 0 Å². The first-order valence-electron chi connectivity index (χ1n) is 6.82. The number of ether oxygens (including phenoxy) is 1. The first-order valence-corrected chi connectivity index (χ1v) is 7.58. The lowest BCUT2D eigenvalue weighted by molar-refractivity contribution is -0.116. The molecule has 1 aliphatic heterocycles. The predicted molar refractivity (Wildman–Crippen MR) is 86.6 cm³/mol. The number of nitriles is 1. The topological polar surface area (TPSA) is 108 Å².